The summed E-state index contributed by atoms with van der Waals surface area (Å²) < 4.78 is 15.5. The fraction of sp³-hybridized carbons (Fsp3) is 0.400. The van der Waals surface area contributed by atoms with Crippen molar-refractivity contribution in [3.05, 3.63) is 34.9 Å². The minimum atomic E-state index is -0.442. The maximum Gasteiger partial charge on any atom is 0.150 e. The molecule has 6 heteroatoms. The molecule has 1 aromatic heterocycles. The first-order valence-electron chi connectivity index (χ1n) is 7.16. The predicted octanol–water partition coefficient (Wildman–Crippen LogP) is 3.69. The summed E-state index contributed by atoms with van der Waals surface area (Å²) in [5.74, 6) is 6.93. The highest BCUT2D eigenvalue weighted by Gasteiger charge is 2.24. The molecule has 0 aliphatic heterocycles. The molecule has 0 spiro atoms. The van der Waals surface area contributed by atoms with Gasteiger partial charge in [0.25, 0.3) is 0 Å². The Balaban J connectivity index is 2.03. The zero-order chi connectivity index (χ0) is 15.0. The molecule has 2 aromatic rings. The molecule has 4 N–H and O–H groups in total. The minimum Gasteiger partial charge on any atom is -0.382 e. The number of benzene rings is 1. The molecule has 1 aromatic carbocycles. The van der Waals surface area contributed by atoms with Gasteiger partial charge in [-0.3, -0.25) is 0 Å². The molecule has 3 rings (SSSR count). The van der Waals surface area contributed by atoms with Crippen molar-refractivity contribution in [1.82, 2.24) is 9.66 Å². The van der Waals surface area contributed by atoms with Gasteiger partial charge in [-0.2, -0.15) is 0 Å². The van der Waals surface area contributed by atoms with E-state index in [0.29, 0.717) is 22.2 Å². The molecule has 0 atom stereocenters. The van der Waals surface area contributed by atoms with E-state index in [2.05, 4.69) is 4.98 Å². The lowest BCUT2D eigenvalue weighted by atomic mass is 9.89. The van der Waals surface area contributed by atoms with E-state index in [1.54, 1.807) is 12.1 Å². The molecule has 4 nitrogen and oxygen atoms in total. The summed E-state index contributed by atoms with van der Waals surface area (Å²) in [6.07, 6.45) is 5.69. The van der Waals surface area contributed by atoms with Gasteiger partial charge >= 0.3 is 0 Å². The molecule has 0 amide bonds. The number of aromatic nitrogens is 2. The minimum absolute atomic E-state index is 0.289. The Labute approximate surface area is 127 Å². The maximum atomic E-state index is 14.1. The lowest BCUT2D eigenvalue weighted by Crippen LogP contribution is -2.19. The van der Waals surface area contributed by atoms with E-state index < -0.39 is 5.82 Å². The van der Waals surface area contributed by atoms with Gasteiger partial charge in [-0.05, 0) is 31.0 Å². The topological polar surface area (TPSA) is 69.9 Å². The van der Waals surface area contributed by atoms with Crippen LogP contribution < -0.4 is 11.6 Å². The molecular formula is C15H18ClFN4. The molecule has 21 heavy (non-hydrogen) atoms. The molecule has 0 bridgehead atoms. The monoisotopic (exact) mass is 308 g/mol. The smallest absolute Gasteiger partial charge is 0.150 e. The van der Waals surface area contributed by atoms with Gasteiger partial charge in [0.1, 0.15) is 17.3 Å². The Bertz CT molecular complexity index is 662. The van der Waals surface area contributed by atoms with Crippen molar-refractivity contribution in [3.63, 3.8) is 0 Å². The first kappa shape index (κ1) is 14.2. The highest BCUT2D eigenvalue weighted by atomic mass is 35.5. The number of hydrogen-bond acceptors (Lipinski definition) is 3. The van der Waals surface area contributed by atoms with Crippen molar-refractivity contribution >= 4 is 17.4 Å². The quantitative estimate of drug-likeness (QED) is 0.831. The van der Waals surface area contributed by atoms with E-state index in [1.165, 1.54) is 30.0 Å². The maximum absolute atomic E-state index is 14.1. The molecule has 0 saturated heterocycles. The second-order valence-corrected chi connectivity index (χ2v) is 5.97. The Morgan fingerprint density at radius 2 is 1.95 bits per heavy atom. The zero-order valence-electron chi connectivity index (χ0n) is 11.6. The van der Waals surface area contributed by atoms with Crippen LogP contribution in [-0.2, 0) is 0 Å². The standard InChI is InChI=1S/C15H18ClFN4/c16-10-6-7-11(12(17)8-10)13-14(18)21(19)15(20-13)9-4-2-1-3-5-9/h6-9H,1-5,18-19H2. The van der Waals surface area contributed by atoms with Crippen molar-refractivity contribution in [2.45, 2.75) is 38.0 Å². The fourth-order valence-corrected chi connectivity index (χ4v) is 3.15. The van der Waals surface area contributed by atoms with Crippen LogP contribution in [0.3, 0.4) is 0 Å². The Morgan fingerprint density at radius 3 is 2.62 bits per heavy atom. The van der Waals surface area contributed by atoms with E-state index in [0.717, 1.165) is 18.7 Å². The number of nitrogen functional groups attached to an aromatic ring is 2. The zero-order valence-corrected chi connectivity index (χ0v) is 12.4. The van der Waals surface area contributed by atoms with Crippen molar-refractivity contribution in [2.24, 2.45) is 0 Å². The number of halogens is 2. The van der Waals surface area contributed by atoms with Gasteiger partial charge in [-0.25, -0.2) is 14.1 Å². The van der Waals surface area contributed by atoms with Crippen molar-refractivity contribution in [3.8, 4) is 11.3 Å². The van der Waals surface area contributed by atoms with Gasteiger partial charge in [0.15, 0.2) is 5.82 Å². The largest absolute Gasteiger partial charge is 0.382 e. The molecular weight excluding hydrogens is 291 g/mol. The van der Waals surface area contributed by atoms with Gasteiger partial charge in [0.05, 0.1) is 0 Å². The summed E-state index contributed by atoms with van der Waals surface area (Å²) in [7, 11) is 0. The molecule has 0 radical (unpaired) electrons. The van der Waals surface area contributed by atoms with Crippen LogP contribution in [0.5, 0.6) is 0 Å². The van der Waals surface area contributed by atoms with Crippen LogP contribution in [0.15, 0.2) is 18.2 Å². The van der Waals surface area contributed by atoms with Gasteiger partial charge in [0, 0.05) is 16.5 Å². The number of nitrogens with zero attached hydrogens (tertiary/aromatic N) is 2. The van der Waals surface area contributed by atoms with Crippen LogP contribution in [0.2, 0.25) is 5.02 Å². The van der Waals surface area contributed by atoms with E-state index in [4.69, 9.17) is 23.2 Å². The number of hydrogen-bond donors (Lipinski definition) is 2. The third-order valence-corrected chi connectivity index (χ3v) is 4.37. The van der Waals surface area contributed by atoms with Crippen molar-refractivity contribution in [2.75, 3.05) is 11.6 Å². The Hall–Kier alpha value is -1.75. The lowest BCUT2D eigenvalue weighted by molar-refractivity contribution is 0.424. The van der Waals surface area contributed by atoms with E-state index in [-0.39, 0.29) is 5.82 Å². The number of nitrogens with two attached hydrogens (primary N) is 2. The van der Waals surface area contributed by atoms with Gasteiger partial charge in [-0.1, -0.05) is 30.9 Å². The molecule has 1 aliphatic rings. The first-order valence-corrected chi connectivity index (χ1v) is 7.54. The van der Waals surface area contributed by atoms with E-state index in [1.807, 2.05) is 0 Å². The van der Waals surface area contributed by atoms with Crippen LogP contribution in [0.4, 0.5) is 10.2 Å². The van der Waals surface area contributed by atoms with Crippen LogP contribution >= 0.6 is 11.6 Å². The average Bonchev–Trinajstić information content (AvgIpc) is 2.77. The fourth-order valence-electron chi connectivity index (χ4n) is 2.99. The Morgan fingerprint density at radius 1 is 1.24 bits per heavy atom. The van der Waals surface area contributed by atoms with Gasteiger partial charge in [0.2, 0.25) is 0 Å². The third-order valence-electron chi connectivity index (χ3n) is 4.13. The molecule has 0 unspecified atom stereocenters. The first-order chi connectivity index (χ1) is 10.1. The van der Waals surface area contributed by atoms with Crippen LogP contribution in [0.1, 0.15) is 43.8 Å². The van der Waals surface area contributed by atoms with Crippen LogP contribution in [0, 0.1) is 5.82 Å². The summed E-state index contributed by atoms with van der Waals surface area (Å²) in [4.78, 5) is 4.52. The Kier molecular flexibility index (Phi) is 3.76. The lowest BCUT2D eigenvalue weighted by Gasteiger charge is -2.20. The van der Waals surface area contributed by atoms with Crippen LogP contribution in [-0.4, -0.2) is 9.66 Å². The number of rotatable bonds is 2. The summed E-state index contributed by atoms with van der Waals surface area (Å²) in [6, 6.07) is 4.46. The number of anilines is 1. The highest BCUT2D eigenvalue weighted by Crippen LogP contribution is 2.36. The second-order valence-electron chi connectivity index (χ2n) is 5.53. The van der Waals surface area contributed by atoms with Crippen LogP contribution in [0.25, 0.3) is 11.3 Å². The van der Waals surface area contributed by atoms with E-state index >= 15 is 0 Å². The normalized spacial score (nSPS) is 16.3. The van der Waals surface area contributed by atoms with E-state index in [9.17, 15) is 4.39 Å². The summed E-state index contributed by atoms with van der Waals surface area (Å²) in [6.45, 7) is 0. The van der Waals surface area contributed by atoms with Gasteiger partial charge in [-0.15, -0.1) is 0 Å². The SMILES string of the molecule is Nc1c(-c2ccc(Cl)cc2F)nc(C2CCCCC2)n1N. The average molecular weight is 309 g/mol. The number of imidazole rings is 1. The third kappa shape index (κ3) is 2.58. The molecule has 112 valence electrons. The predicted molar refractivity (Wildman–Crippen MR) is 83.0 cm³/mol. The highest BCUT2D eigenvalue weighted by molar-refractivity contribution is 6.30. The molecule has 1 heterocycles. The van der Waals surface area contributed by atoms with Gasteiger partial charge < -0.3 is 11.6 Å². The molecule has 1 saturated carbocycles. The van der Waals surface area contributed by atoms with Crippen molar-refractivity contribution in [1.29, 1.82) is 0 Å². The molecule has 1 aliphatic carbocycles. The summed E-state index contributed by atoms with van der Waals surface area (Å²) in [5.41, 5.74) is 6.75. The summed E-state index contributed by atoms with van der Waals surface area (Å²) in [5, 5.41) is 0.342. The van der Waals surface area contributed by atoms with Crippen molar-refractivity contribution < 1.29 is 4.39 Å². The molecule has 1 fully saturated rings. The second kappa shape index (κ2) is 5.56. The summed E-state index contributed by atoms with van der Waals surface area (Å²) >= 11 is 5.78.